The molecule has 122 valence electrons. The zero-order valence-corrected chi connectivity index (χ0v) is 13.3. The summed E-state index contributed by atoms with van der Waals surface area (Å²) in [5.74, 6) is -0.347. The number of aliphatic hydroxyl groups excluding tert-OH is 1. The highest BCUT2D eigenvalue weighted by atomic mass is 35.5. The summed E-state index contributed by atoms with van der Waals surface area (Å²) in [7, 11) is 0. The highest BCUT2D eigenvalue weighted by molar-refractivity contribution is 5.98. The van der Waals surface area contributed by atoms with Crippen LogP contribution in [0.4, 0.5) is 5.69 Å². The SMILES string of the molecule is CCCNC(=O)c1cccc(NC(=O)C2CC(O)CN2)c1.Cl. The average Bonchev–Trinajstić information content (AvgIpc) is 2.91. The summed E-state index contributed by atoms with van der Waals surface area (Å²) in [6.45, 7) is 3.04. The van der Waals surface area contributed by atoms with E-state index in [0.29, 0.717) is 30.8 Å². The van der Waals surface area contributed by atoms with Crippen LogP contribution in [0.1, 0.15) is 30.1 Å². The van der Waals surface area contributed by atoms with Crippen LogP contribution in [0.15, 0.2) is 24.3 Å². The summed E-state index contributed by atoms with van der Waals surface area (Å²) in [6, 6.07) is 6.43. The Morgan fingerprint density at radius 3 is 2.82 bits per heavy atom. The molecule has 0 bridgehead atoms. The molecule has 1 saturated heterocycles. The molecule has 1 aliphatic heterocycles. The summed E-state index contributed by atoms with van der Waals surface area (Å²) in [5.41, 5.74) is 1.09. The summed E-state index contributed by atoms with van der Waals surface area (Å²) in [4.78, 5) is 23.9. The van der Waals surface area contributed by atoms with E-state index in [-0.39, 0.29) is 24.2 Å². The summed E-state index contributed by atoms with van der Waals surface area (Å²) in [6.07, 6.45) is 0.798. The highest BCUT2D eigenvalue weighted by Crippen LogP contribution is 2.13. The lowest BCUT2D eigenvalue weighted by Crippen LogP contribution is -2.35. The van der Waals surface area contributed by atoms with Crippen LogP contribution in [0.3, 0.4) is 0 Å². The van der Waals surface area contributed by atoms with E-state index in [1.807, 2.05) is 6.92 Å². The van der Waals surface area contributed by atoms with Crippen LogP contribution >= 0.6 is 12.4 Å². The maximum absolute atomic E-state index is 12.0. The lowest BCUT2D eigenvalue weighted by Gasteiger charge is -2.12. The third kappa shape index (κ3) is 4.98. The van der Waals surface area contributed by atoms with Crippen LogP contribution in [0.2, 0.25) is 0 Å². The summed E-state index contributed by atoms with van der Waals surface area (Å²) in [5, 5.41) is 17.9. The fourth-order valence-corrected chi connectivity index (χ4v) is 2.22. The van der Waals surface area contributed by atoms with Gasteiger partial charge in [0.1, 0.15) is 0 Å². The van der Waals surface area contributed by atoms with Crippen LogP contribution < -0.4 is 16.0 Å². The molecule has 1 aromatic carbocycles. The Kier molecular flexibility index (Phi) is 7.31. The standard InChI is InChI=1S/C15H21N3O3.ClH/c1-2-6-16-14(20)10-4-3-5-11(7-10)18-15(21)13-8-12(19)9-17-13;/h3-5,7,12-13,17,19H,2,6,8-9H2,1H3,(H,16,20)(H,18,21);1H. The molecule has 0 aromatic heterocycles. The minimum Gasteiger partial charge on any atom is -0.392 e. The Morgan fingerprint density at radius 1 is 1.41 bits per heavy atom. The van der Waals surface area contributed by atoms with Crippen molar-refractivity contribution in [1.29, 1.82) is 0 Å². The van der Waals surface area contributed by atoms with E-state index < -0.39 is 12.1 Å². The van der Waals surface area contributed by atoms with Gasteiger partial charge in [0.25, 0.3) is 5.91 Å². The number of rotatable bonds is 5. The smallest absolute Gasteiger partial charge is 0.251 e. The number of halogens is 1. The van der Waals surface area contributed by atoms with Gasteiger partial charge < -0.3 is 21.1 Å². The summed E-state index contributed by atoms with van der Waals surface area (Å²) < 4.78 is 0. The van der Waals surface area contributed by atoms with E-state index in [1.165, 1.54) is 0 Å². The maximum Gasteiger partial charge on any atom is 0.251 e. The molecule has 1 aliphatic rings. The number of benzene rings is 1. The first-order valence-electron chi connectivity index (χ1n) is 7.20. The minimum atomic E-state index is -0.480. The van der Waals surface area contributed by atoms with Crippen molar-refractivity contribution in [2.24, 2.45) is 0 Å². The molecule has 1 fully saturated rings. The van der Waals surface area contributed by atoms with Crippen molar-refractivity contribution >= 4 is 29.9 Å². The van der Waals surface area contributed by atoms with E-state index in [1.54, 1.807) is 24.3 Å². The zero-order chi connectivity index (χ0) is 15.2. The molecule has 22 heavy (non-hydrogen) atoms. The van der Waals surface area contributed by atoms with Crippen molar-refractivity contribution in [3.8, 4) is 0 Å². The molecule has 6 nitrogen and oxygen atoms in total. The molecule has 0 saturated carbocycles. The molecule has 4 N–H and O–H groups in total. The van der Waals surface area contributed by atoms with Crippen molar-refractivity contribution in [1.82, 2.24) is 10.6 Å². The van der Waals surface area contributed by atoms with Crippen LogP contribution in [-0.4, -0.2) is 42.2 Å². The molecule has 0 spiro atoms. The van der Waals surface area contributed by atoms with Gasteiger partial charge in [0.05, 0.1) is 12.1 Å². The molecule has 0 radical (unpaired) electrons. The van der Waals surface area contributed by atoms with Gasteiger partial charge in [-0.15, -0.1) is 12.4 Å². The van der Waals surface area contributed by atoms with Gasteiger partial charge in [0.2, 0.25) is 5.91 Å². The largest absolute Gasteiger partial charge is 0.392 e. The van der Waals surface area contributed by atoms with Crippen molar-refractivity contribution in [2.45, 2.75) is 31.9 Å². The predicted molar refractivity (Wildman–Crippen MR) is 87.4 cm³/mol. The fourth-order valence-electron chi connectivity index (χ4n) is 2.22. The van der Waals surface area contributed by atoms with Crippen LogP contribution in [0.25, 0.3) is 0 Å². The number of anilines is 1. The topological polar surface area (TPSA) is 90.5 Å². The Bertz CT molecular complexity index is 525. The molecule has 1 aromatic rings. The second-order valence-electron chi connectivity index (χ2n) is 5.18. The van der Waals surface area contributed by atoms with Gasteiger partial charge in [-0.3, -0.25) is 9.59 Å². The van der Waals surface area contributed by atoms with E-state index in [2.05, 4.69) is 16.0 Å². The van der Waals surface area contributed by atoms with Gasteiger partial charge in [-0.05, 0) is 31.0 Å². The third-order valence-electron chi connectivity index (χ3n) is 3.35. The van der Waals surface area contributed by atoms with Gasteiger partial charge in [-0.25, -0.2) is 0 Å². The number of hydrogen-bond acceptors (Lipinski definition) is 4. The number of amides is 2. The van der Waals surface area contributed by atoms with Gasteiger partial charge in [0.15, 0.2) is 0 Å². The molecule has 7 heteroatoms. The lowest BCUT2D eigenvalue weighted by atomic mass is 10.1. The van der Waals surface area contributed by atoms with Crippen LogP contribution in [0, 0.1) is 0 Å². The molecule has 2 unspecified atom stereocenters. The second-order valence-corrected chi connectivity index (χ2v) is 5.18. The molecule has 2 rings (SSSR count). The Balaban J connectivity index is 0.00000242. The number of aliphatic hydroxyl groups is 1. The van der Waals surface area contributed by atoms with E-state index >= 15 is 0 Å². The van der Waals surface area contributed by atoms with Gasteiger partial charge in [-0.2, -0.15) is 0 Å². The monoisotopic (exact) mass is 327 g/mol. The number of hydrogen-bond donors (Lipinski definition) is 4. The first-order valence-corrected chi connectivity index (χ1v) is 7.20. The predicted octanol–water partition coefficient (Wildman–Crippen LogP) is 0.909. The van der Waals surface area contributed by atoms with Crippen LogP contribution in [0.5, 0.6) is 0 Å². The van der Waals surface area contributed by atoms with E-state index in [9.17, 15) is 14.7 Å². The van der Waals surface area contributed by atoms with Crippen molar-refractivity contribution in [3.05, 3.63) is 29.8 Å². The molecule has 0 aliphatic carbocycles. The Morgan fingerprint density at radius 2 is 2.18 bits per heavy atom. The third-order valence-corrected chi connectivity index (χ3v) is 3.35. The zero-order valence-electron chi connectivity index (χ0n) is 12.5. The highest BCUT2D eigenvalue weighted by Gasteiger charge is 2.28. The Labute approximate surface area is 136 Å². The van der Waals surface area contributed by atoms with Crippen molar-refractivity contribution < 1.29 is 14.7 Å². The second kappa shape index (κ2) is 8.73. The van der Waals surface area contributed by atoms with Crippen molar-refractivity contribution in [3.63, 3.8) is 0 Å². The normalized spacial score (nSPS) is 20.1. The molecule has 2 atom stereocenters. The fraction of sp³-hybridized carbons (Fsp3) is 0.467. The van der Waals surface area contributed by atoms with E-state index in [0.717, 1.165) is 6.42 Å². The maximum atomic E-state index is 12.0. The van der Waals surface area contributed by atoms with Gasteiger partial charge in [0, 0.05) is 24.3 Å². The van der Waals surface area contributed by atoms with E-state index in [4.69, 9.17) is 0 Å². The van der Waals surface area contributed by atoms with Crippen LogP contribution in [-0.2, 0) is 4.79 Å². The number of β-amino-alcohol motifs (C(OH)–C–C–N with tert-alkyl or cyclic N) is 1. The minimum absolute atomic E-state index is 0. The first kappa shape index (κ1) is 18.4. The lowest BCUT2D eigenvalue weighted by molar-refractivity contribution is -0.117. The molecular formula is C15H22ClN3O3. The molecule has 1 heterocycles. The molecular weight excluding hydrogens is 306 g/mol. The first-order chi connectivity index (χ1) is 10.1. The summed E-state index contributed by atoms with van der Waals surface area (Å²) >= 11 is 0. The van der Waals surface area contributed by atoms with Gasteiger partial charge in [-0.1, -0.05) is 13.0 Å². The number of nitrogens with one attached hydrogen (secondary N) is 3. The Hall–Kier alpha value is -1.63. The van der Waals surface area contributed by atoms with Crippen molar-refractivity contribution in [2.75, 3.05) is 18.4 Å². The number of carbonyl (C=O) groups is 2. The average molecular weight is 328 g/mol. The quantitative estimate of drug-likeness (QED) is 0.647. The number of carbonyl (C=O) groups excluding carboxylic acids is 2. The van der Waals surface area contributed by atoms with Gasteiger partial charge >= 0.3 is 0 Å². The molecule has 2 amide bonds.